The fourth-order valence-electron chi connectivity index (χ4n) is 1.75. The molecule has 0 fully saturated rings. The van der Waals surface area contributed by atoms with Crippen LogP contribution >= 0.6 is 15.9 Å². The lowest BCUT2D eigenvalue weighted by molar-refractivity contribution is 0.0954. The van der Waals surface area contributed by atoms with Gasteiger partial charge in [-0.1, -0.05) is 22.0 Å². The molecule has 0 spiro atoms. The Balaban J connectivity index is 1.87. The topological polar surface area (TPSA) is 69.6 Å². The van der Waals surface area contributed by atoms with Crippen LogP contribution in [-0.2, 0) is 6.42 Å². The van der Waals surface area contributed by atoms with Gasteiger partial charge in [0.15, 0.2) is 11.5 Å². The number of phenolic OH excluding ortho intramolecular Hbond substituents is 2. The van der Waals surface area contributed by atoms with Crippen molar-refractivity contribution in [1.29, 1.82) is 0 Å². The first-order valence-electron chi connectivity index (χ1n) is 6.11. The molecule has 3 N–H and O–H groups in total. The standard InChI is InChI=1S/C15H14BrNO3/c16-12-4-2-11(3-5-12)15(20)17-8-7-10-1-6-13(18)14(19)9-10/h1-6,9,18-19H,7-8H2,(H,17,20). The van der Waals surface area contributed by atoms with Crippen molar-refractivity contribution in [1.82, 2.24) is 5.32 Å². The maximum atomic E-state index is 11.9. The van der Waals surface area contributed by atoms with E-state index in [1.807, 2.05) is 12.1 Å². The van der Waals surface area contributed by atoms with Crippen LogP contribution in [0.15, 0.2) is 46.9 Å². The Morgan fingerprint density at radius 1 is 1.05 bits per heavy atom. The summed E-state index contributed by atoms with van der Waals surface area (Å²) >= 11 is 3.31. The van der Waals surface area contributed by atoms with Crippen LogP contribution in [0.25, 0.3) is 0 Å². The molecule has 1 amide bonds. The van der Waals surface area contributed by atoms with Gasteiger partial charge in [0.25, 0.3) is 5.91 Å². The number of halogens is 1. The second-order valence-corrected chi connectivity index (χ2v) is 5.25. The molecule has 0 aliphatic heterocycles. The fourth-order valence-corrected chi connectivity index (χ4v) is 2.01. The highest BCUT2D eigenvalue weighted by molar-refractivity contribution is 9.10. The van der Waals surface area contributed by atoms with E-state index in [1.165, 1.54) is 12.1 Å². The molecule has 20 heavy (non-hydrogen) atoms. The smallest absolute Gasteiger partial charge is 0.251 e. The molecule has 0 saturated heterocycles. The molecule has 2 aromatic carbocycles. The van der Waals surface area contributed by atoms with Crippen LogP contribution < -0.4 is 5.32 Å². The lowest BCUT2D eigenvalue weighted by Gasteiger charge is -2.06. The molecule has 2 rings (SSSR count). The van der Waals surface area contributed by atoms with Gasteiger partial charge >= 0.3 is 0 Å². The third kappa shape index (κ3) is 3.74. The Morgan fingerprint density at radius 2 is 1.75 bits per heavy atom. The largest absolute Gasteiger partial charge is 0.504 e. The number of carbonyl (C=O) groups excluding carboxylic acids is 1. The van der Waals surface area contributed by atoms with Gasteiger partial charge in [-0.15, -0.1) is 0 Å². The molecule has 5 heteroatoms. The highest BCUT2D eigenvalue weighted by Crippen LogP contribution is 2.24. The van der Waals surface area contributed by atoms with Crippen molar-refractivity contribution in [3.8, 4) is 11.5 Å². The molecule has 4 nitrogen and oxygen atoms in total. The fraction of sp³-hybridized carbons (Fsp3) is 0.133. The van der Waals surface area contributed by atoms with Crippen LogP contribution in [0.4, 0.5) is 0 Å². The Hall–Kier alpha value is -2.01. The summed E-state index contributed by atoms with van der Waals surface area (Å²) in [5, 5.41) is 21.4. The van der Waals surface area contributed by atoms with Crippen LogP contribution in [0.5, 0.6) is 11.5 Å². The number of nitrogens with one attached hydrogen (secondary N) is 1. The summed E-state index contributed by atoms with van der Waals surface area (Å²) in [6, 6.07) is 11.7. The van der Waals surface area contributed by atoms with Crippen molar-refractivity contribution < 1.29 is 15.0 Å². The Kier molecular flexibility index (Phi) is 4.63. The molecule has 0 saturated carbocycles. The van der Waals surface area contributed by atoms with Crippen LogP contribution in [-0.4, -0.2) is 22.7 Å². The minimum absolute atomic E-state index is 0.138. The third-order valence-electron chi connectivity index (χ3n) is 2.85. The maximum Gasteiger partial charge on any atom is 0.251 e. The molecule has 2 aromatic rings. The van der Waals surface area contributed by atoms with Crippen molar-refractivity contribution in [2.24, 2.45) is 0 Å². The van der Waals surface area contributed by atoms with Crippen LogP contribution in [0.2, 0.25) is 0 Å². The summed E-state index contributed by atoms with van der Waals surface area (Å²) in [5.74, 6) is -0.435. The molecule has 0 radical (unpaired) electrons. The van der Waals surface area contributed by atoms with Gasteiger partial charge in [-0.05, 0) is 48.4 Å². The SMILES string of the molecule is O=C(NCCc1ccc(O)c(O)c1)c1ccc(Br)cc1. The van der Waals surface area contributed by atoms with Crippen molar-refractivity contribution in [2.75, 3.05) is 6.54 Å². The summed E-state index contributed by atoms with van der Waals surface area (Å²) in [4.78, 5) is 11.9. The molecule has 0 heterocycles. The molecular formula is C15H14BrNO3. The van der Waals surface area contributed by atoms with Gasteiger partial charge in [-0.2, -0.15) is 0 Å². The molecular weight excluding hydrogens is 322 g/mol. The summed E-state index contributed by atoms with van der Waals surface area (Å²) < 4.78 is 0.925. The van der Waals surface area contributed by atoms with Gasteiger partial charge in [0, 0.05) is 16.6 Å². The van der Waals surface area contributed by atoms with Gasteiger partial charge in [-0.3, -0.25) is 4.79 Å². The highest BCUT2D eigenvalue weighted by atomic mass is 79.9. The number of aromatic hydroxyl groups is 2. The quantitative estimate of drug-likeness (QED) is 0.752. The number of phenols is 2. The normalized spacial score (nSPS) is 10.2. The van der Waals surface area contributed by atoms with Gasteiger partial charge < -0.3 is 15.5 Å². The average Bonchev–Trinajstić information content (AvgIpc) is 2.43. The molecule has 0 aromatic heterocycles. The van der Waals surface area contributed by atoms with Gasteiger partial charge in [0.1, 0.15) is 0 Å². The van der Waals surface area contributed by atoms with Gasteiger partial charge in [0.05, 0.1) is 0 Å². The molecule has 0 atom stereocenters. The van der Waals surface area contributed by atoms with Gasteiger partial charge in [0.2, 0.25) is 0 Å². The van der Waals surface area contributed by atoms with Crippen molar-refractivity contribution >= 4 is 21.8 Å². The Labute approximate surface area is 125 Å². The summed E-state index contributed by atoms with van der Waals surface area (Å²) in [7, 11) is 0. The van der Waals surface area contributed by atoms with Gasteiger partial charge in [-0.25, -0.2) is 0 Å². The van der Waals surface area contributed by atoms with Crippen LogP contribution in [0.3, 0.4) is 0 Å². The first kappa shape index (κ1) is 14.4. The number of hydrogen-bond acceptors (Lipinski definition) is 3. The minimum Gasteiger partial charge on any atom is -0.504 e. The van der Waals surface area contributed by atoms with E-state index in [0.29, 0.717) is 18.5 Å². The minimum atomic E-state index is -0.151. The lowest BCUT2D eigenvalue weighted by Crippen LogP contribution is -2.25. The van der Waals surface area contributed by atoms with Crippen molar-refractivity contribution in [3.63, 3.8) is 0 Å². The first-order chi connectivity index (χ1) is 9.56. The second-order valence-electron chi connectivity index (χ2n) is 4.34. The Bertz CT molecular complexity index is 611. The average molecular weight is 336 g/mol. The van der Waals surface area contributed by atoms with E-state index < -0.39 is 0 Å². The number of rotatable bonds is 4. The zero-order chi connectivity index (χ0) is 14.5. The number of benzene rings is 2. The maximum absolute atomic E-state index is 11.9. The molecule has 0 bridgehead atoms. The summed E-state index contributed by atoms with van der Waals surface area (Å²) in [6.07, 6.45) is 0.579. The lowest BCUT2D eigenvalue weighted by atomic mass is 10.1. The van der Waals surface area contributed by atoms with E-state index in [-0.39, 0.29) is 17.4 Å². The number of amides is 1. The molecule has 0 aliphatic rings. The molecule has 0 unspecified atom stereocenters. The number of hydrogen-bond donors (Lipinski definition) is 3. The van der Waals surface area contributed by atoms with E-state index in [4.69, 9.17) is 0 Å². The zero-order valence-electron chi connectivity index (χ0n) is 10.6. The van der Waals surface area contributed by atoms with Crippen molar-refractivity contribution in [3.05, 3.63) is 58.1 Å². The predicted octanol–water partition coefficient (Wildman–Crippen LogP) is 2.83. The van der Waals surface area contributed by atoms with E-state index >= 15 is 0 Å². The van der Waals surface area contributed by atoms with E-state index in [0.717, 1.165) is 10.0 Å². The Morgan fingerprint density at radius 3 is 2.40 bits per heavy atom. The van der Waals surface area contributed by atoms with Crippen LogP contribution in [0, 0.1) is 0 Å². The molecule has 104 valence electrons. The van der Waals surface area contributed by atoms with E-state index in [2.05, 4.69) is 21.2 Å². The summed E-state index contributed by atoms with van der Waals surface area (Å²) in [6.45, 7) is 0.457. The number of carbonyl (C=O) groups is 1. The predicted molar refractivity (Wildman–Crippen MR) is 80.0 cm³/mol. The second kappa shape index (κ2) is 6.43. The van der Waals surface area contributed by atoms with E-state index in [9.17, 15) is 15.0 Å². The monoisotopic (exact) mass is 335 g/mol. The highest BCUT2D eigenvalue weighted by Gasteiger charge is 2.05. The first-order valence-corrected chi connectivity index (χ1v) is 6.90. The third-order valence-corrected chi connectivity index (χ3v) is 3.37. The summed E-state index contributed by atoms with van der Waals surface area (Å²) in [5.41, 5.74) is 1.44. The van der Waals surface area contributed by atoms with Crippen LogP contribution in [0.1, 0.15) is 15.9 Å². The van der Waals surface area contributed by atoms with Crippen molar-refractivity contribution in [2.45, 2.75) is 6.42 Å². The van der Waals surface area contributed by atoms with E-state index in [1.54, 1.807) is 18.2 Å². The zero-order valence-corrected chi connectivity index (χ0v) is 12.2. The molecule has 0 aliphatic carbocycles.